The summed E-state index contributed by atoms with van der Waals surface area (Å²) >= 11 is 0. The number of rotatable bonds is 3. The quantitative estimate of drug-likeness (QED) is 0.929. The van der Waals surface area contributed by atoms with Gasteiger partial charge in [-0.1, -0.05) is 0 Å². The Morgan fingerprint density at radius 3 is 2.48 bits per heavy atom. The van der Waals surface area contributed by atoms with Crippen LogP contribution >= 0.6 is 0 Å². The number of hydrogen-bond acceptors (Lipinski definition) is 4. The molecule has 0 bridgehead atoms. The molecule has 3 rings (SSSR count). The Morgan fingerprint density at radius 2 is 1.86 bits per heavy atom. The summed E-state index contributed by atoms with van der Waals surface area (Å²) in [7, 11) is 1.85. The van der Waals surface area contributed by atoms with Gasteiger partial charge in [-0.3, -0.25) is 0 Å². The second-order valence-corrected chi connectivity index (χ2v) is 5.51. The van der Waals surface area contributed by atoms with Crippen LogP contribution < -0.4 is 10.1 Å². The largest absolute Gasteiger partial charge is 0.488 e. The fraction of sp³-hybridized carbons (Fsp3) is 0.600. The first kappa shape index (κ1) is 14.7. The number of nitrogens with one attached hydrogen (secondary N) is 1. The second kappa shape index (κ2) is 5.87. The molecule has 2 aliphatic rings. The van der Waals surface area contributed by atoms with Gasteiger partial charge in [0, 0.05) is 37.1 Å². The van der Waals surface area contributed by atoms with Crippen LogP contribution in [0.3, 0.4) is 0 Å². The van der Waals surface area contributed by atoms with Gasteiger partial charge in [-0.05, 0) is 13.5 Å². The van der Waals surface area contributed by atoms with Crippen molar-refractivity contribution in [1.82, 2.24) is 5.32 Å². The normalized spacial score (nSPS) is 28.0. The van der Waals surface area contributed by atoms with Crippen LogP contribution in [0.15, 0.2) is 18.2 Å². The molecule has 1 saturated heterocycles. The fourth-order valence-electron chi connectivity index (χ4n) is 3.10. The lowest BCUT2D eigenvalue weighted by Gasteiger charge is -2.40. The third kappa shape index (κ3) is 3.17. The third-order valence-electron chi connectivity index (χ3n) is 4.11. The van der Waals surface area contributed by atoms with Gasteiger partial charge in [0.2, 0.25) is 0 Å². The Labute approximate surface area is 122 Å². The summed E-state index contributed by atoms with van der Waals surface area (Å²) in [6, 6.07) is 3.30. The first-order valence-electron chi connectivity index (χ1n) is 7.18. The molecule has 6 heteroatoms. The Hall–Kier alpha value is -1.24. The molecule has 2 unspecified atom stereocenters. The van der Waals surface area contributed by atoms with Crippen LogP contribution in [0, 0.1) is 11.6 Å². The zero-order valence-corrected chi connectivity index (χ0v) is 11.9. The lowest BCUT2D eigenvalue weighted by molar-refractivity contribution is -0.196. The van der Waals surface area contributed by atoms with E-state index in [2.05, 4.69) is 5.32 Å². The molecule has 0 aromatic heterocycles. The zero-order chi connectivity index (χ0) is 14.9. The maximum absolute atomic E-state index is 13.3. The van der Waals surface area contributed by atoms with Crippen molar-refractivity contribution in [3.8, 4) is 5.75 Å². The maximum Gasteiger partial charge on any atom is 0.172 e. The standard InChI is InChI=1S/C15H19F2NO3/c1-18-13-2-3-15(19-4-5-20-15)9-14(13)21-12-7-10(16)6-11(17)8-12/h6-8,13-14,18H,2-5,9H2,1H3. The average Bonchev–Trinajstić information content (AvgIpc) is 2.86. The Balaban J connectivity index is 1.76. The predicted molar refractivity (Wildman–Crippen MR) is 72.1 cm³/mol. The van der Waals surface area contributed by atoms with Crippen molar-refractivity contribution in [2.24, 2.45) is 0 Å². The van der Waals surface area contributed by atoms with E-state index in [4.69, 9.17) is 14.2 Å². The number of likely N-dealkylation sites (N-methyl/N-ethyl adjacent to an activating group) is 1. The topological polar surface area (TPSA) is 39.7 Å². The van der Waals surface area contributed by atoms with Crippen molar-refractivity contribution in [2.75, 3.05) is 20.3 Å². The van der Waals surface area contributed by atoms with Crippen molar-refractivity contribution in [2.45, 2.75) is 37.2 Å². The number of benzene rings is 1. The van der Waals surface area contributed by atoms with Crippen LogP contribution in [0.1, 0.15) is 19.3 Å². The minimum Gasteiger partial charge on any atom is -0.488 e. The molecule has 2 atom stereocenters. The van der Waals surface area contributed by atoms with Gasteiger partial charge in [0.05, 0.1) is 13.2 Å². The molecule has 1 aromatic carbocycles. The molecule has 1 spiro atoms. The van der Waals surface area contributed by atoms with E-state index < -0.39 is 17.4 Å². The van der Waals surface area contributed by atoms with Crippen molar-refractivity contribution >= 4 is 0 Å². The lowest BCUT2D eigenvalue weighted by Crippen LogP contribution is -2.52. The molecule has 4 nitrogen and oxygen atoms in total. The fourth-order valence-corrected chi connectivity index (χ4v) is 3.10. The van der Waals surface area contributed by atoms with Gasteiger partial charge in [-0.15, -0.1) is 0 Å². The lowest BCUT2D eigenvalue weighted by atomic mass is 9.87. The average molecular weight is 299 g/mol. The van der Waals surface area contributed by atoms with Gasteiger partial charge >= 0.3 is 0 Å². The van der Waals surface area contributed by atoms with Crippen LogP contribution in [0.25, 0.3) is 0 Å². The van der Waals surface area contributed by atoms with Gasteiger partial charge in [0.15, 0.2) is 5.79 Å². The molecule has 0 amide bonds. The highest BCUT2D eigenvalue weighted by Crippen LogP contribution is 2.37. The first-order valence-corrected chi connectivity index (χ1v) is 7.18. The van der Waals surface area contributed by atoms with Crippen LogP contribution in [0.5, 0.6) is 5.75 Å². The van der Waals surface area contributed by atoms with E-state index in [1.54, 1.807) is 0 Å². The predicted octanol–water partition coefficient (Wildman–Crippen LogP) is 2.23. The van der Waals surface area contributed by atoms with E-state index in [9.17, 15) is 8.78 Å². The third-order valence-corrected chi connectivity index (χ3v) is 4.11. The molecule has 2 fully saturated rings. The number of halogens is 2. The summed E-state index contributed by atoms with van der Waals surface area (Å²) in [5, 5.41) is 3.19. The monoisotopic (exact) mass is 299 g/mol. The highest BCUT2D eigenvalue weighted by Gasteiger charge is 2.45. The number of ether oxygens (including phenoxy) is 3. The Kier molecular flexibility index (Phi) is 4.10. The molecule has 1 aliphatic heterocycles. The Morgan fingerprint density at radius 1 is 1.19 bits per heavy atom. The summed E-state index contributed by atoms with van der Waals surface area (Å²) in [6.45, 7) is 1.15. The van der Waals surface area contributed by atoms with Crippen LogP contribution in [0.2, 0.25) is 0 Å². The molecule has 116 valence electrons. The highest BCUT2D eigenvalue weighted by molar-refractivity contribution is 5.24. The van der Waals surface area contributed by atoms with Crippen molar-refractivity contribution in [3.05, 3.63) is 29.8 Å². The molecular formula is C15H19F2NO3. The number of hydrogen-bond donors (Lipinski definition) is 1. The van der Waals surface area contributed by atoms with E-state index in [0.29, 0.717) is 19.6 Å². The van der Waals surface area contributed by atoms with Gasteiger partial charge in [0.1, 0.15) is 23.5 Å². The molecule has 21 heavy (non-hydrogen) atoms. The van der Waals surface area contributed by atoms with Gasteiger partial charge < -0.3 is 19.5 Å². The SMILES string of the molecule is CNC1CCC2(CC1Oc1cc(F)cc(F)c1)OCCO2. The van der Waals surface area contributed by atoms with Gasteiger partial charge in [-0.2, -0.15) is 0 Å². The van der Waals surface area contributed by atoms with Crippen LogP contribution in [-0.2, 0) is 9.47 Å². The first-order chi connectivity index (χ1) is 10.1. The highest BCUT2D eigenvalue weighted by atomic mass is 19.1. The van der Waals surface area contributed by atoms with E-state index in [0.717, 1.165) is 18.9 Å². The minimum atomic E-state index is -0.648. The molecule has 1 aromatic rings. The van der Waals surface area contributed by atoms with E-state index in [-0.39, 0.29) is 17.9 Å². The molecule has 1 heterocycles. The van der Waals surface area contributed by atoms with E-state index in [1.807, 2.05) is 7.05 Å². The van der Waals surface area contributed by atoms with Crippen molar-refractivity contribution < 1.29 is 23.0 Å². The summed E-state index contributed by atoms with van der Waals surface area (Å²) in [4.78, 5) is 0. The summed E-state index contributed by atoms with van der Waals surface area (Å²) in [6.07, 6.45) is 1.88. The molecule has 0 radical (unpaired) electrons. The van der Waals surface area contributed by atoms with Crippen molar-refractivity contribution in [1.29, 1.82) is 0 Å². The summed E-state index contributed by atoms with van der Waals surface area (Å²) in [5.74, 6) is -1.72. The smallest absolute Gasteiger partial charge is 0.172 e. The second-order valence-electron chi connectivity index (χ2n) is 5.51. The maximum atomic E-state index is 13.3. The molecule has 1 aliphatic carbocycles. The Bertz CT molecular complexity index is 485. The van der Waals surface area contributed by atoms with E-state index >= 15 is 0 Å². The molecule has 1 N–H and O–H groups in total. The van der Waals surface area contributed by atoms with Gasteiger partial charge in [-0.25, -0.2) is 8.78 Å². The molecular weight excluding hydrogens is 280 g/mol. The molecule has 1 saturated carbocycles. The minimum absolute atomic E-state index is 0.0924. The van der Waals surface area contributed by atoms with E-state index in [1.165, 1.54) is 12.1 Å². The summed E-state index contributed by atoms with van der Waals surface area (Å²) < 4.78 is 43.8. The van der Waals surface area contributed by atoms with Crippen LogP contribution in [-0.4, -0.2) is 38.2 Å². The zero-order valence-electron chi connectivity index (χ0n) is 11.9. The van der Waals surface area contributed by atoms with Gasteiger partial charge in [0.25, 0.3) is 0 Å². The van der Waals surface area contributed by atoms with Crippen molar-refractivity contribution in [3.63, 3.8) is 0 Å². The van der Waals surface area contributed by atoms with Crippen LogP contribution in [0.4, 0.5) is 8.78 Å². The summed E-state index contributed by atoms with van der Waals surface area (Å²) in [5.41, 5.74) is 0.